The van der Waals surface area contributed by atoms with E-state index in [0.717, 1.165) is 23.7 Å². The van der Waals surface area contributed by atoms with Crippen LogP contribution < -0.4 is 0 Å². The molecule has 1 unspecified atom stereocenters. The Morgan fingerprint density at radius 1 is 0.857 bits per heavy atom. The fourth-order valence-electron chi connectivity index (χ4n) is 4.83. The molecule has 0 aromatic rings. The van der Waals surface area contributed by atoms with Gasteiger partial charge in [0.2, 0.25) is 0 Å². The van der Waals surface area contributed by atoms with Crippen LogP contribution in [0, 0.1) is 23.7 Å². The van der Waals surface area contributed by atoms with Crippen LogP contribution in [0.5, 0.6) is 0 Å². The summed E-state index contributed by atoms with van der Waals surface area (Å²) in [5.41, 5.74) is -0.686. The van der Waals surface area contributed by atoms with Crippen LogP contribution in [0.15, 0.2) is 0 Å². The minimum atomic E-state index is -0.625. The van der Waals surface area contributed by atoms with Gasteiger partial charge in [-0.25, -0.2) is 0 Å². The number of aliphatic hydroxyl groups is 1. The first-order chi connectivity index (χ1) is 13.0. The summed E-state index contributed by atoms with van der Waals surface area (Å²) in [4.78, 5) is 0. The number of hydrogen-bond acceptors (Lipinski definition) is 2. The molecule has 0 heterocycles. The van der Waals surface area contributed by atoms with Crippen LogP contribution in [0.4, 0.5) is 0 Å². The van der Waals surface area contributed by atoms with Gasteiger partial charge in [-0.1, -0.05) is 85.0 Å². The number of hydrogen-bond donors (Lipinski definition) is 1. The monoisotopic (exact) mass is 396 g/mol. The molecule has 168 valence electrons. The van der Waals surface area contributed by atoms with Gasteiger partial charge in [-0.15, -0.1) is 0 Å². The summed E-state index contributed by atoms with van der Waals surface area (Å²) in [6.45, 7) is 16.0. The van der Waals surface area contributed by atoms with Crippen molar-refractivity contribution in [2.45, 2.75) is 137 Å². The van der Waals surface area contributed by atoms with Crippen LogP contribution >= 0.6 is 0 Å². The molecule has 28 heavy (non-hydrogen) atoms. The van der Waals surface area contributed by atoms with Gasteiger partial charge in [-0.2, -0.15) is 0 Å². The first-order valence-corrected chi connectivity index (χ1v) is 12.3. The average Bonchev–Trinajstić information content (AvgIpc) is 2.54. The fourth-order valence-corrected chi connectivity index (χ4v) is 4.83. The fraction of sp³-hybridized carbons (Fsp3) is 1.00. The first-order valence-electron chi connectivity index (χ1n) is 12.3. The Bertz CT molecular complexity index is 386. The van der Waals surface area contributed by atoms with E-state index in [2.05, 4.69) is 34.6 Å². The summed E-state index contributed by atoms with van der Waals surface area (Å²) >= 11 is 0. The molecule has 1 fully saturated rings. The highest BCUT2D eigenvalue weighted by molar-refractivity contribution is 4.80. The molecule has 2 nitrogen and oxygen atoms in total. The molecule has 0 bridgehead atoms. The zero-order chi connectivity index (χ0) is 21.2. The van der Waals surface area contributed by atoms with Crippen LogP contribution in [0.1, 0.15) is 126 Å². The van der Waals surface area contributed by atoms with Crippen LogP contribution in [-0.4, -0.2) is 22.9 Å². The third-order valence-corrected chi connectivity index (χ3v) is 6.74. The second kappa shape index (κ2) is 12.6. The Morgan fingerprint density at radius 3 is 2.00 bits per heavy atom. The van der Waals surface area contributed by atoms with E-state index in [-0.39, 0.29) is 5.60 Å². The van der Waals surface area contributed by atoms with E-state index in [4.69, 9.17) is 4.74 Å². The van der Waals surface area contributed by atoms with Crippen molar-refractivity contribution in [2.75, 3.05) is 6.61 Å². The van der Waals surface area contributed by atoms with Crippen molar-refractivity contribution in [1.29, 1.82) is 0 Å². The SMILES string of the molecule is CC(C)CCCC(C)CCCC1CCC(CC(C)(C)OCCC(C)(C)O)CC1. The summed E-state index contributed by atoms with van der Waals surface area (Å²) in [6, 6.07) is 0. The van der Waals surface area contributed by atoms with Crippen LogP contribution in [-0.2, 0) is 4.74 Å². The zero-order valence-electron chi connectivity index (χ0n) is 20.4. The van der Waals surface area contributed by atoms with Crippen molar-refractivity contribution in [2.24, 2.45) is 23.7 Å². The van der Waals surface area contributed by atoms with Crippen molar-refractivity contribution in [3.8, 4) is 0 Å². The van der Waals surface area contributed by atoms with Gasteiger partial charge in [0, 0.05) is 0 Å². The Kier molecular flexibility index (Phi) is 11.7. The van der Waals surface area contributed by atoms with Gasteiger partial charge in [-0.3, -0.25) is 0 Å². The molecule has 1 N–H and O–H groups in total. The lowest BCUT2D eigenvalue weighted by atomic mass is 9.76. The zero-order valence-corrected chi connectivity index (χ0v) is 20.4. The number of rotatable bonds is 14. The summed E-state index contributed by atoms with van der Waals surface area (Å²) in [5.74, 6) is 3.57. The third kappa shape index (κ3) is 13.2. The largest absolute Gasteiger partial charge is 0.390 e. The van der Waals surface area contributed by atoms with Gasteiger partial charge in [0.1, 0.15) is 0 Å². The maximum Gasteiger partial charge on any atom is 0.0629 e. The maximum absolute atomic E-state index is 9.85. The van der Waals surface area contributed by atoms with Crippen molar-refractivity contribution >= 4 is 0 Å². The topological polar surface area (TPSA) is 29.5 Å². The van der Waals surface area contributed by atoms with Gasteiger partial charge in [0.05, 0.1) is 17.8 Å². The maximum atomic E-state index is 9.85. The smallest absolute Gasteiger partial charge is 0.0629 e. The average molecular weight is 397 g/mol. The molecule has 1 saturated carbocycles. The number of ether oxygens (including phenoxy) is 1. The van der Waals surface area contributed by atoms with E-state index in [9.17, 15) is 5.11 Å². The van der Waals surface area contributed by atoms with Gasteiger partial charge < -0.3 is 9.84 Å². The minimum Gasteiger partial charge on any atom is -0.390 e. The molecule has 0 spiro atoms. The Balaban J connectivity index is 2.14. The van der Waals surface area contributed by atoms with Gasteiger partial charge in [0.25, 0.3) is 0 Å². The Morgan fingerprint density at radius 2 is 1.43 bits per heavy atom. The highest BCUT2D eigenvalue weighted by Crippen LogP contribution is 2.37. The first kappa shape index (κ1) is 26.0. The highest BCUT2D eigenvalue weighted by Gasteiger charge is 2.28. The van der Waals surface area contributed by atoms with E-state index in [1.165, 1.54) is 70.6 Å². The second-order valence-electron chi connectivity index (χ2n) is 11.6. The van der Waals surface area contributed by atoms with Crippen molar-refractivity contribution in [3.05, 3.63) is 0 Å². The predicted octanol–water partition coefficient (Wildman–Crippen LogP) is 7.77. The molecule has 1 rings (SSSR count). The molecule has 0 amide bonds. The van der Waals surface area contributed by atoms with Crippen LogP contribution in [0.25, 0.3) is 0 Å². The van der Waals surface area contributed by atoms with Gasteiger partial charge in [0.15, 0.2) is 0 Å². The summed E-state index contributed by atoms with van der Waals surface area (Å²) in [5, 5.41) is 9.85. The van der Waals surface area contributed by atoms with Gasteiger partial charge in [-0.05, 0) is 64.2 Å². The lowest BCUT2D eigenvalue weighted by molar-refractivity contribution is -0.0605. The van der Waals surface area contributed by atoms with E-state index >= 15 is 0 Å². The molecule has 0 saturated heterocycles. The molecule has 1 aliphatic carbocycles. The molecule has 0 aromatic heterocycles. The predicted molar refractivity (Wildman–Crippen MR) is 123 cm³/mol. The van der Waals surface area contributed by atoms with Gasteiger partial charge >= 0.3 is 0 Å². The normalized spacial score (nSPS) is 22.6. The summed E-state index contributed by atoms with van der Waals surface area (Å²) < 4.78 is 6.11. The second-order valence-corrected chi connectivity index (χ2v) is 11.6. The third-order valence-electron chi connectivity index (χ3n) is 6.74. The lowest BCUT2D eigenvalue weighted by Crippen LogP contribution is -2.32. The Labute approximate surface area is 177 Å². The van der Waals surface area contributed by atoms with Crippen molar-refractivity contribution in [3.63, 3.8) is 0 Å². The Hall–Kier alpha value is -0.0800. The van der Waals surface area contributed by atoms with E-state index < -0.39 is 5.60 Å². The van der Waals surface area contributed by atoms with E-state index in [1.807, 2.05) is 13.8 Å². The van der Waals surface area contributed by atoms with Crippen LogP contribution in [0.2, 0.25) is 0 Å². The summed E-state index contributed by atoms with van der Waals surface area (Å²) in [6.07, 6.45) is 16.0. The van der Waals surface area contributed by atoms with Crippen molar-refractivity contribution < 1.29 is 9.84 Å². The molecule has 2 heteroatoms. The molecule has 1 atom stereocenters. The molecule has 0 aliphatic heterocycles. The minimum absolute atomic E-state index is 0.0613. The molecular formula is C26H52O2. The lowest BCUT2D eigenvalue weighted by Gasteiger charge is -2.35. The molecule has 0 aromatic carbocycles. The quantitative estimate of drug-likeness (QED) is 0.325. The van der Waals surface area contributed by atoms with Crippen LogP contribution in [0.3, 0.4) is 0 Å². The molecule has 0 radical (unpaired) electrons. The van der Waals surface area contributed by atoms with Crippen molar-refractivity contribution in [1.82, 2.24) is 0 Å². The molecular weight excluding hydrogens is 344 g/mol. The summed E-state index contributed by atoms with van der Waals surface area (Å²) in [7, 11) is 0. The van der Waals surface area contributed by atoms with E-state index in [0.29, 0.717) is 13.0 Å². The molecule has 1 aliphatic rings. The standard InChI is InChI=1S/C26H52O2/c1-21(2)10-8-11-22(3)12-9-13-23-14-16-24(17-15-23)20-26(6,7)28-19-18-25(4,5)27/h21-24,27H,8-20H2,1-7H3. The van der Waals surface area contributed by atoms with E-state index in [1.54, 1.807) is 0 Å². The highest BCUT2D eigenvalue weighted by atomic mass is 16.5.